The van der Waals surface area contributed by atoms with Gasteiger partial charge in [0.05, 0.1) is 5.41 Å². The third-order valence-corrected chi connectivity index (χ3v) is 3.47. The van der Waals surface area contributed by atoms with Crippen LogP contribution in [0, 0.1) is 11.3 Å². The van der Waals surface area contributed by atoms with Crippen molar-refractivity contribution in [3.8, 4) is 0 Å². The number of nitrogens with zero attached hydrogens (tertiary/aromatic N) is 1. The molecule has 0 aromatic rings. The Labute approximate surface area is 86.1 Å². The second-order valence-corrected chi connectivity index (χ2v) is 4.59. The maximum atomic E-state index is 11.2. The second-order valence-electron chi connectivity index (χ2n) is 4.59. The summed E-state index contributed by atoms with van der Waals surface area (Å²) in [6.07, 6.45) is 1.45. The van der Waals surface area contributed by atoms with Crippen molar-refractivity contribution in [1.29, 1.82) is 0 Å². The van der Waals surface area contributed by atoms with Crippen molar-refractivity contribution in [2.45, 2.75) is 33.6 Å². The zero-order chi connectivity index (χ0) is 10.8. The third-order valence-electron chi connectivity index (χ3n) is 3.47. The molecule has 0 aromatic carbocycles. The van der Waals surface area contributed by atoms with Crippen molar-refractivity contribution in [2.75, 3.05) is 19.6 Å². The van der Waals surface area contributed by atoms with Crippen molar-refractivity contribution >= 4 is 5.97 Å². The van der Waals surface area contributed by atoms with Crippen LogP contribution in [0.5, 0.6) is 0 Å². The van der Waals surface area contributed by atoms with E-state index in [4.69, 9.17) is 0 Å². The predicted octanol–water partition coefficient (Wildman–Crippen LogP) is 1.83. The quantitative estimate of drug-likeness (QED) is 0.734. The first-order valence-corrected chi connectivity index (χ1v) is 5.50. The standard InChI is InChI=1S/C11H21NO2/c1-4-11(5-2,10(13)14)8-12-6-9(3)7-12/h9H,4-8H2,1-3H3,(H,13,14). The van der Waals surface area contributed by atoms with Crippen molar-refractivity contribution in [1.82, 2.24) is 4.90 Å². The molecule has 0 spiro atoms. The van der Waals surface area contributed by atoms with Crippen LogP contribution in [0.3, 0.4) is 0 Å². The number of aliphatic carboxylic acids is 1. The van der Waals surface area contributed by atoms with E-state index in [2.05, 4.69) is 11.8 Å². The Morgan fingerprint density at radius 2 is 1.93 bits per heavy atom. The lowest BCUT2D eigenvalue weighted by Crippen LogP contribution is -2.52. The van der Waals surface area contributed by atoms with E-state index in [-0.39, 0.29) is 0 Å². The average Bonchev–Trinajstić information content (AvgIpc) is 2.10. The highest BCUT2D eigenvalue weighted by Gasteiger charge is 2.39. The largest absolute Gasteiger partial charge is 0.481 e. The SMILES string of the molecule is CCC(CC)(CN1CC(C)C1)C(=O)O. The zero-order valence-electron chi connectivity index (χ0n) is 9.42. The van der Waals surface area contributed by atoms with Gasteiger partial charge < -0.3 is 10.0 Å². The Hall–Kier alpha value is -0.570. The monoisotopic (exact) mass is 199 g/mol. The first kappa shape index (κ1) is 11.5. The van der Waals surface area contributed by atoms with Crippen LogP contribution in [0.2, 0.25) is 0 Å². The van der Waals surface area contributed by atoms with Crippen molar-refractivity contribution in [3.05, 3.63) is 0 Å². The minimum absolute atomic E-state index is 0.514. The van der Waals surface area contributed by atoms with Crippen LogP contribution in [0.1, 0.15) is 33.6 Å². The van der Waals surface area contributed by atoms with Crippen LogP contribution in [0.25, 0.3) is 0 Å². The second kappa shape index (κ2) is 4.30. The van der Waals surface area contributed by atoms with E-state index >= 15 is 0 Å². The lowest BCUT2D eigenvalue weighted by Gasteiger charge is -2.42. The molecule has 1 heterocycles. The molecule has 1 rings (SSSR count). The maximum Gasteiger partial charge on any atom is 0.310 e. The predicted molar refractivity (Wildman–Crippen MR) is 56.3 cm³/mol. The lowest BCUT2D eigenvalue weighted by molar-refractivity contribution is -0.152. The molecule has 1 saturated heterocycles. The summed E-state index contributed by atoms with van der Waals surface area (Å²) in [5.74, 6) is 0.109. The van der Waals surface area contributed by atoms with E-state index in [1.165, 1.54) is 0 Å². The van der Waals surface area contributed by atoms with Gasteiger partial charge in [-0.25, -0.2) is 0 Å². The van der Waals surface area contributed by atoms with Gasteiger partial charge in [0.25, 0.3) is 0 Å². The van der Waals surface area contributed by atoms with Crippen LogP contribution < -0.4 is 0 Å². The Morgan fingerprint density at radius 1 is 1.43 bits per heavy atom. The molecule has 1 aliphatic rings. The number of carboxylic acid groups (broad SMARTS) is 1. The first-order valence-electron chi connectivity index (χ1n) is 5.50. The molecule has 3 heteroatoms. The molecule has 14 heavy (non-hydrogen) atoms. The summed E-state index contributed by atoms with van der Waals surface area (Å²) in [6, 6.07) is 0. The molecule has 1 fully saturated rings. The maximum absolute atomic E-state index is 11.2. The van der Waals surface area contributed by atoms with Gasteiger partial charge in [-0.15, -0.1) is 0 Å². The summed E-state index contributed by atoms with van der Waals surface area (Å²) < 4.78 is 0. The van der Waals surface area contributed by atoms with Gasteiger partial charge in [0.1, 0.15) is 0 Å². The van der Waals surface area contributed by atoms with E-state index < -0.39 is 11.4 Å². The number of carboxylic acids is 1. The van der Waals surface area contributed by atoms with Crippen LogP contribution in [-0.4, -0.2) is 35.6 Å². The summed E-state index contributed by atoms with van der Waals surface area (Å²) in [6.45, 7) is 9.00. The Kier molecular flexibility index (Phi) is 3.53. The highest BCUT2D eigenvalue weighted by molar-refractivity contribution is 5.74. The molecule has 1 N–H and O–H groups in total. The summed E-state index contributed by atoms with van der Waals surface area (Å²) >= 11 is 0. The smallest absolute Gasteiger partial charge is 0.310 e. The number of hydrogen-bond acceptors (Lipinski definition) is 2. The van der Waals surface area contributed by atoms with Gasteiger partial charge in [0.2, 0.25) is 0 Å². The number of rotatable bonds is 5. The van der Waals surface area contributed by atoms with Crippen LogP contribution in [-0.2, 0) is 4.79 Å². The number of likely N-dealkylation sites (tertiary alicyclic amines) is 1. The Morgan fingerprint density at radius 3 is 2.21 bits per heavy atom. The van der Waals surface area contributed by atoms with Gasteiger partial charge in [-0.05, 0) is 18.8 Å². The lowest BCUT2D eigenvalue weighted by atomic mass is 9.80. The average molecular weight is 199 g/mol. The van der Waals surface area contributed by atoms with Crippen LogP contribution >= 0.6 is 0 Å². The fraction of sp³-hybridized carbons (Fsp3) is 0.909. The topological polar surface area (TPSA) is 40.5 Å². The fourth-order valence-electron chi connectivity index (χ4n) is 2.23. The molecule has 0 unspecified atom stereocenters. The number of hydrogen-bond donors (Lipinski definition) is 1. The highest BCUT2D eigenvalue weighted by atomic mass is 16.4. The molecule has 0 radical (unpaired) electrons. The molecular formula is C11H21NO2. The molecule has 0 amide bonds. The van der Waals surface area contributed by atoms with Gasteiger partial charge in [0.15, 0.2) is 0 Å². The molecule has 0 atom stereocenters. The molecule has 0 bridgehead atoms. The normalized spacial score (nSPS) is 19.4. The molecule has 0 aromatic heterocycles. The molecule has 0 aliphatic carbocycles. The Bertz CT molecular complexity index is 205. The van der Waals surface area contributed by atoms with Gasteiger partial charge in [-0.3, -0.25) is 4.79 Å². The molecule has 3 nitrogen and oxygen atoms in total. The van der Waals surface area contributed by atoms with Gasteiger partial charge in [-0.1, -0.05) is 20.8 Å². The minimum Gasteiger partial charge on any atom is -0.481 e. The number of carbonyl (C=O) groups is 1. The van der Waals surface area contributed by atoms with Gasteiger partial charge in [0, 0.05) is 19.6 Å². The van der Waals surface area contributed by atoms with Gasteiger partial charge >= 0.3 is 5.97 Å². The highest BCUT2D eigenvalue weighted by Crippen LogP contribution is 2.30. The van der Waals surface area contributed by atoms with E-state index in [0.717, 1.165) is 38.4 Å². The minimum atomic E-state index is -0.637. The summed E-state index contributed by atoms with van der Waals surface area (Å²) in [5, 5.41) is 9.23. The van der Waals surface area contributed by atoms with E-state index in [0.29, 0.717) is 0 Å². The molecule has 0 saturated carbocycles. The molecule has 82 valence electrons. The first-order chi connectivity index (χ1) is 6.54. The zero-order valence-corrected chi connectivity index (χ0v) is 9.42. The molecular weight excluding hydrogens is 178 g/mol. The van der Waals surface area contributed by atoms with Gasteiger partial charge in [-0.2, -0.15) is 0 Å². The third kappa shape index (κ3) is 2.08. The molecule has 1 aliphatic heterocycles. The van der Waals surface area contributed by atoms with Crippen molar-refractivity contribution in [3.63, 3.8) is 0 Å². The van der Waals surface area contributed by atoms with Crippen molar-refractivity contribution in [2.24, 2.45) is 11.3 Å². The van der Waals surface area contributed by atoms with Crippen LogP contribution in [0.15, 0.2) is 0 Å². The van der Waals surface area contributed by atoms with Crippen molar-refractivity contribution < 1.29 is 9.90 Å². The summed E-state index contributed by atoms with van der Waals surface area (Å²) in [4.78, 5) is 13.5. The van der Waals surface area contributed by atoms with E-state index in [9.17, 15) is 9.90 Å². The Balaban J connectivity index is 2.55. The van der Waals surface area contributed by atoms with E-state index in [1.54, 1.807) is 0 Å². The van der Waals surface area contributed by atoms with E-state index in [1.807, 2.05) is 13.8 Å². The fourth-order valence-corrected chi connectivity index (χ4v) is 2.23. The summed E-state index contributed by atoms with van der Waals surface area (Å²) in [7, 11) is 0. The van der Waals surface area contributed by atoms with Crippen LogP contribution in [0.4, 0.5) is 0 Å². The summed E-state index contributed by atoms with van der Waals surface area (Å²) in [5.41, 5.74) is -0.514.